The van der Waals surface area contributed by atoms with E-state index in [4.69, 9.17) is 4.74 Å². The summed E-state index contributed by atoms with van der Waals surface area (Å²) in [5.41, 5.74) is 1.40. The molecule has 1 aromatic rings. The summed E-state index contributed by atoms with van der Waals surface area (Å²) in [5, 5.41) is 0. The number of allylic oxidation sites excluding steroid dienone is 4. The van der Waals surface area contributed by atoms with Gasteiger partial charge in [0, 0.05) is 5.56 Å². The van der Waals surface area contributed by atoms with E-state index in [2.05, 4.69) is 25.2 Å². The zero-order valence-electron chi connectivity index (χ0n) is 22.8. The predicted molar refractivity (Wildman–Crippen MR) is 147 cm³/mol. The summed E-state index contributed by atoms with van der Waals surface area (Å²) in [7, 11) is 0. The van der Waals surface area contributed by atoms with E-state index in [0.717, 1.165) is 54.9 Å². The van der Waals surface area contributed by atoms with Crippen molar-refractivity contribution >= 4 is 5.57 Å². The second kappa shape index (κ2) is 13.8. The maximum atomic E-state index is 14.8. The van der Waals surface area contributed by atoms with Crippen LogP contribution in [-0.4, -0.2) is 6.61 Å². The molecule has 36 heavy (non-hydrogen) atoms. The van der Waals surface area contributed by atoms with Crippen LogP contribution in [0.4, 0.5) is 8.78 Å². The van der Waals surface area contributed by atoms with Crippen molar-refractivity contribution in [3.05, 3.63) is 47.6 Å². The summed E-state index contributed by atoms with van der Waals surface area (Å²) in [4.78, 5) is 0. The average molecular weight is 499 g/mol. The normalized spacial score (nSPS) is 29.3. The van der Waals surface area contributed by atoms with Crippen molar-refractivity contribution in [2.24, 2.45) is 29.6 Å². The molecule has 0 N–H and O–H groups in total. The van der Waals surface area contributed by atoms with Gasteiger partial charge in [-0.05, 0) is 131 Å². The number of hydrogen-bond donors (Lipinski definition) is 0. The Morgan fingerprint density at radius 2 is 1.53 bits per heavy atom. The topological polar surface area (TPSA) is 9.23 Å². The first-order valence-corrected chi connectivity index (χ1v) is 15.0. The number of hydrogen-bond acceptors (Lipinski definition) is 1. The summed E-state index contributed by atoms with van der Waals surface area (Å²) >= 11 is 0. The van der Waals surface area contributed by atoms with Gasteiger partial charge in [-0.1, -0.05) is 44.4 Å². The molecular formula is C33H48F2O. The molecule has 0 bridgehead atoms. The molecule has 2 fully saturated rings. The number of rotatable bonds is 10. The lowest BCUT2D eigenvalue weighted by molar-refractivity contribution is 0.120. The van der Waals surface area contributed by atoms with Gasteiger partial charge in [0.1, 0.15) is 0 Å². The molecule has 1 nitrogen and oxygen atoms in total. The fourth-order valence-corrected chi connectivity index (χ4v) is 7.36. The summed E-state index contributed by atoms with van der Waals surface area (Å²) in [5.74, 6) is 2.86. The highest BCUT2D eigenvalue weighted by atomic mass is 19.2. The van der Waals surface area contributed by atoms with Gasteiger partial charge < -0.3 is 4.74 Å². The van der Waals surface area contributed by atoms with Crippen molar-refractivity contribution in [2.45, 2.75) is 110 Å². The Labute approximate surface area is 218 Å². The Morgan fingerprint density at radius 1 is 0.861 bits per heavy atom. The fourth-order valence-electron chi connectivity index (χ4n) is 7.36. The minimum Gasteiger partial charge on any atom is -0.490 e. The van der Waals surface area contributed by atoms with Crippen LogP contribution >= 0.6 is 0 Å². The van der Waals surface area contributed by atoms with Crippen LogP contribution in [-0.2, 0) is 0 Å². The second-order valence-corrected chi connectivity index (χ2v) is 11.8. The van der Waals surface area contributed by atoms with E-state index < -0.39 is 11.6 Å². The zero-order valence-corrected chi connectivity index (χ0v) is 22.8. The van der Waals surface area contributed by atoms with Crippen molar-refractivity contribution < 1.29 is 13.5 Å². The van der Waals surface area contributed by atoms with Crippen LogP contribution in [0.3, 0.4) is 0 Å². The third-order valence-electron chi connectivity index (χ3n) is 9.57. The summed E-state index contributed by atoms with van der Waals surface area (Å²) in [6.45, 7) is 4.48. The van der Waals surface area contributed by atoms with E-state index in [-0.39, 0.29) is 5.75 Å². The molecule has 200 valence electrons. The molecule has 0 saturated heterocycles. The van der Waals surface area contributed by atoms with Crippen molar-refractivity contribution in [3.63, 3.8) is 0 Å². The Morgan fingerprint density at radius 3 is 2.14 bits per heavy atom. The molecule has 0 aromatic heterocycles. The van der Waals surface area contributed by atoms with Crippen molar-refractivity contribution in [1.29, 1.82) is 0 Å². The van der Waals surface area contributed by atoms with Crippen LogP contribution < -0.4 is 4.74 Å². The summed E-state index contributed by atoms with van der Waals surface area (Å²) < 4.78 is 34.6. The van der Waals surface area contributed by atoms with E-state index in [9.17, 15) is 8.78 Å². The quantitative estimate of drug-likeness (QED) is 0.230. The Bertz CT molecular complexity index is 872. The monoisotopic (exact) mass is 498 g/mol. The van der Waals surface area contributed by atoms with Gasteiger partial charge in [-0.25, -0.2) is 4.39 Å². The molecule has 4 rings (SSSR count). The molecular weight excluding hydrogens is 450 g/mol. The Hall–Kier alpha value is -1.64. The molecule has 0 aliphatic heterocycles. The van der Waals surface area contributed by atoms with Crippen LogP contribution in [0.5, 0.6) is 5.75 Å². The van der Waals surface area contributed by atoms with Crippen LogP contribution in [0, 0.1) is 41.2 Å². The first-order valence-electron chi connectivity index (χ1n) is 15.0. The third-order valence-corrected chi connectivity index (χ3v) is 9.57. The van der Waals surface area contributed by atoms with Gasteiger partial charge in [0.25, 0.3) is 0 Å². The lowest BCUT2D eigenvalue weighted by atomic mass is 9.65. The predicted octanol–water partition coefficient (Wildman–Crippen LogP) is 10.3. The largest absolute Gasteiger partial charge is 0.490 e. The van der Waals surface area contributed by atoms with Crippen LogP contribution in [0.2, 0.25) is 0 Å². The SMILES string of the molecule is C/C=C\CCCC1CCC(C2CCC(C3CC=C(c4ccc(OCCC)c(F)c4F)CC3)CC2)CC1. The van der Waals surface area contributed by atoms with Crippen LogP contribution in [0.1, 0.15) is 116 Å². The molecule has 0 heterocycles. The number of benzene rings is 1. The first-order chi connectivity index (χ1) is 17.6. The third kappa shape index (κ3) is 7.01. The molecule has 3 heteroatoms. The molecule has 1 aromatic carbocycles. The van der Waals surface area contributed by atoms with E-state index in [1.54, 1.807) is 12.1 Å². The van der Waals surface area contributed by atoms with E-state index >= 15 is 0 Å². The lowest BCUT2D eigenvalue weighted by Gasteiger charge is -2.40. The lowest BCUT2D eigenvalue weighted by Crippen LogP contribution is -2.28. The van der Waals surface area contributed by atoms with Crippen molar-refractivity contribution in [1.82, 2.24) is 0 Å². The van der Waals surface area contributed by atoms with Gasteiger partial charge in [0.05, 0.1) is 6.61 Å². The zero-order chi connectivity index (χ0) is 25.3. The fraction of sp³-hybridized carbons (Fsp3) is 0.697. The molecule has 3 aliphatic carbocycles. The highest BCUT2D eigenvalue weighted by Crippen LogP contribution is 2.46. The number of halogens is 2. The molecule has 1 atom stereocenters. The van der Waals surface area contributed by atoms with Gasteiger partial charge in [-0.2, -0.15) is 4.39 Å². The van der Waals surface area contributed by atoms with E-state index in [1.165, 1.54) is 70.6 Å². The Balaban J connectivity index is 1.22. The minimum absolute atomic E-state index is 0.0297. The van der Waals surface area contributed by atoms with E-state index in [0.29, 0.717) is 18.1 Å². The van der Waals surface area contributed by atoms with Gasteiger partial charge >= 0.3 is 0 Å². The van der Waals surface area contributed by atoms with Crippen molar-refractivity contribution in [2.75, 3.05) is 6.61 Å². The van der Waals surface area contributed by atoms with Crippen LogP contribution in [0.25, 0.3) is 5.57 Å². The highest BCUT2D eigenvalue weighted by molar-refractivity contribution is 5.67. The molecule has 2 saturated carbocycles. The average Bonchev–Trinajstić information content (AvgIpc) is 2.93. The highest BCUT2D eigenvalue weighted by Gasteiger charge is 2.34. The van der Waals surface area contributed by atoms with Crippen molar-refractivity contribution in [3.8, 4) is 5.75 Å². The van der Waals surface area contributed by atoms with Gasteiger partial charge in [-0.15, -0.1) is 0 Å². The van der Waals surface area contributed by atoms with Gasteiger partial charge in [0.15, 0.2) is 11.6 Å². The molecule has 0 spiro atoms. The first kappa shape index (κ1) is 27.4. The molecule has 3 aliphatic rings. The number of unbranched alkanes of at least 4 members (excludes halogenated alkanes) is 1. The minimum atomic E-state index is -0.843. The van der Waals surface area contributed by atoms with Crippen LogP contribution in [0.15, 0.2) is 30.4 Å². The second-order valence-electron chi connectivity index (χ2n) is 11.8. The molecule has 0 amide bonds. The maximum absolute atomic E-state index is 14.8. The summed E-state index contributed by atoms with van der Waals surface area (Å²) in [6.07, 6.45) is 25.9. The summed E-state index contributed by atoms with van der Waals surface area (Å²) in [6, 6.07) is 3.30. The Kier molecular flexibility index (Phi) is 10.5. The standard InChI is InChI=1S/C33H48F2O/c1-3-5-6-7-8-24-9-11-25(12-10-24)26-13-15-27(16-14-26)28-17-19-29(20-18-28)30-21-22-31(36-23-4-2)33(35)32(30)34/h3,5,19,21-22,24-28H,4,6-18,20,23H2,1-2H3/b5-3-. The van der Waals surface area contributed by atoms with Gasteiger partial charge in [0.2, 0.25) is 5.82 Å². The molecule has 0 radical (unpaired) electrons. The smallest absolute Gasteiger partial charge is 0.201 e. The molecule has 1 unspecified atom stereocenters. The van der Waals surface area contributed by atoms with E-state index in [1.807, 2.05) is 6.92 Å². The number of ether oxygens (including phenoxy) is 1. The van der Waals surface area contributed by atoms with Gasteiger partial charge in [-0.3, -0.25) is 0 Å². The maximum Gasteiger partial charge on any atom is 0.201 e.